The summed E-state index contributed by atoms with van der Waals surface area (Å²) in [6, 6.07) is 0. The quantitative estimate of drug-likeness (QED) is 0.340. The molecule has 0 spiro atoms. The first-order chi connectivity index (χ1) is 4.21. The van der Waals surface area contributed by atoms with Gasteiger partial charge in [-0.25, -0.2) is 9.78 Å². The van der Waals surface area contributed by atoms with Crippen LogP contribution in [-0.2, 0) is 9.78 Å². The molecule has 0 bridgehead atoms. The molecule has 0 atom stereocenters. The van der Waals surface area contributed by atoms with Gasteiger partial charge in [0.05, 0.1) is 11.2 Å². The Hall–Kier alpha value is 0.920. The van der Waals surface area contributed by atoms with E-state index in [4.69, 9.17) is 9.78 Å². The SMILES string of the molecule is CC(C)(C)OOC(C)(C)C.[NaH]. The van der Waals surface area contributed by atoms with Gasteiger partial charge in [0.15, 0.2) is 0 Å². The fourth-order valence-corrected chi connectivity index (χ4v) is 0.250. The second kappa shape index (κ2) is 4.83. The van der Waals surface area contributed by atoms with E-state index in [9.17, 15) is 0 Å². The van der Waals surface area contributed by atoms with Crippen molar-refractivity contribution < 1.29 is 9.78 Å². The Bertz CT molecular complexity index is 85.6. The van der Waals surface area contributed by atoms with Crippen LogP contribution in [0.1, 0.15) is 41.5 Å². The Balaban J connectivity index is 0. The molecule has 0 aliphatic carbocycles. The maximum absolute atomic E-state index is 5.09. The standard InChI is InChI=1S/C8H18O2.Na.H/c1-7(2,3)9-10-8(4,5)6;;/h1-6H3;;. The summed E-state index contributed by atoms with van der Waals surface area (Å²) in [5.41, 5.74) is -0.430. The van der Waals surface area contributed by atoms with E-state index in [0.717, 1.165) is 0 Å². The van der Waals surface area contributed by atoms with Crippen molar-refractivity contribution >= 4 is 29.6 Å². The first-order valence-electron chi connectivity index (χ1n) is 3.57. The molecule has 11 heavy (non-hydrogen) atoms. The summed E-state index contributed by atoms with van der Waals surface area (Å²) < 4.78 is 0. The van der Waals surface area contributed by atoms with Gasteiger partial charge in [0.2, 0.25) is 0 Å². The molecule has 0 rings (SSSR count). The molecule has 0 saturated carbocycles. The van der Waals surface area contributed by atoms with Crippen LogP contribution in [0.15, 0.2) is 0 Å². The molecule has 2 nitrogen and oxygen atoms in total. The van der Waals surface area contributed by atoms with Crippen LogP contribution in [0.2, 0.25) is 0 Å². The van der Waals surface area contributed by atoms with E-state index in [1.807, 2.05) is 41.5 Å². The first-order valence-corrected chi connectivity index (χ1v) is 3.57. The van der Waals surface area contributed by atoms with E-state index in [2.05, 4.69) is 0 Å². The van der Waals surface area contributed by atoms with Crippen LogP contribution in [-0.4, -0.2) is 40.8 Å². The van der Waals surface area contributed by atoms with Crippen LogP contribution < -0.4 is 0 Å². The van der Waals surface area contributed by atoms with Crippen molar-refractivity contribution in [3.63, 3.8) is 0 Å². The molecule has 0 unspecified atom stereocenters. The molecule has 0 amide bonds. The monoisotopic (exact) mass is 170 g/mol. The van der Waals surface area contributed by atoms with Gasteiger partial charge in [0.1, 0.15) is 0 Å². The Labute approximate surface area is 91.9 Å². The summed E-state index contributed by atoms with van der Waals surface area (Å²) in [6.45, 7) is 11.7. The molecule has 0 heterocycles. The van der Waals surface area contributed by atoms with Gasteiger partial charge in [0.25, 0.3) is 0 Å². The Kier molecular flexibility index (Phi) is 6.34. The van der Waals surface area contributed by atoms with E-state index in [0.29, 0.717) is 0 Å². The van der Waals surface area contributed by atoms with Crippen LogP contribution in [0.3, 0.4) is 0 Å². The van der Waals surface area contributed by atoms with Crippen molar-refractivity contribution in [1.29, 1.82) is 0 Å². The molecule has 0 N–H and O–H groups in total. The normalized spacial score (nSPS) is 12.5. The molecule has 0 fully saturated rings. The van der Waals surface area contributed by atoms with Gasteiger partial charge in [0, 0.05) is 0 Å². The van der Waals surface area contributed by atoms with Gasteiger partial charge >= 0.3 is 29.6 Å². The summed E-state index contributed by atoms with van der Waals surface area (Å²) in [7, 11) is 0. The van der Waals surface area contributed by atoms with Crippen molar-refractivity contribution in [3.05, 3.63) is 0 Å². The number of rotatable bonds is 1. The third-order valence-corrected chi connectivity index (χ3v) is 0.542. The predicted octanol–water partition coefficient (Wildman–Crippen LogP) is 1.88. The molecule has 3 heteroatoms. The van der Waals surface area contributed by atoms with E-state index in [1.165, 1.54) is 0 Å². The fraction of sp³-hybridized carbons (Fsp3) is 1.00. The molecule has 0 aliphatic rings. The summed E-state index contributed by atoms with van der Waals surface area (Å²) >= 11 is 0. The Morgan fingerprint density at radius 2 is 0.818 bits per heavy atom. The van der Waals surface area contributed by atoms with E-state index in [1.54, 1.807) is 0 Å². The molecule has 0 saturated heterocycles. The van der Waals surface area contributed by atoms with Gasteiger partial charge in [-0.2, -0.15) is 0 Å². The Morgan fingerprint density at radius 1 is 0.636 bits per heavy atom. The topological polar surface area (TPSA) is 18.5 Å². The second-order valence-electron chi connectivity index (χ2n) is 4.39. The van der Waals surface area contributed by atoms with E-state index < -0.39 is 0 Å². The minimum absolute atomic E-state index is 0. The molecular formula is C8H19NaO2. The van der Waals surface area contributed by atoms with Crippen LogP contribution in [0, 0.1) is 0 Å². The zero-order valence-corrected chi connectivity index (χ0v) is 7.82. The fourth-order valence-electron chi connectivity index (χ4n) is 0.250. The van der Waals surface area contributed by atoms with Crippen LogP contribution in [0.4, 0.5) is 0 Å². The van der Waals surface area contributed by atoms with Crippen molar-refractivity contribution in [2.75, 3.05) is 0 Å². The summed E-state index contributed by atoms with van der Waals surface area (Å²) in [5, 5.41) is 0. The van der Waals surface area contributed by atoms with Crippen molar-refractivity contribution in [1.82, 2.24) is 0 Å². The van der Waals surface area contributed by atoms with Crippen LogP contribution in [0.25, 0.3) is 0 Å². The van der Waals surface area contributed by atoms with Gasteiger partial charge in [-0.3, -0.25) is 0 Å². The molecule has 0 aromatic heterocycles. The van der Waals surface area contributed by atoms with E-state index in [-0.39, 0.29) is 40.8 Å². The van der Waals surface area contributed by atoms with Crippen LogP contribution >= 0.6 is 0 Å². The molecular weight excluding hydrogens is 151 g/mol. The average molecular weight is 170 g/mol. The number of hydrogen-bond acceptors (Lipinski definition) is 2. The predicted molar refractivity (Wildman–Crippen MR) is 48.8 cm³/mol. The Morgan fingerprint density at radius 3 is 0.909 bits per heavy atom. The van der Waals surface area contributed by atoms with Gasteiger partial charge in [-0.15, -0.1) is 0 Å². The molecule has 0 aliphatic heterocycles. The third-order valence-electron chi connectivity index (χ3n) is 0.542. The van der Waals surface area contributed by atoms with Crippen molar-refractivity contribution in [2.24, 2.45) is 0 Å². The number of hydrogen-bond donors (Lipinski definition) is 0. The summed E-state index contributed by atoms with van der Waals surface area (Å²) in [5.74, 6) is 0. The third kappa shape index (κ3) is 13.9. The molecule has 64 valence electrons. The van der Waals surface area contributed by atoms with Crippen molar-refractivity contribution in [3.8, 4) is 0 Å². The second-order valence-corrected chi connectivity index (χ2v) is 4.39. The minimum atomic E-state index is -0.215. The maximum atomic E-state index is 5.09. The molecule has 0 radical (unpaired) electrons. The molecule has 0 aromatic rings. The summed E-state index contributed by atoms with van der Waals surface area (Å²) in [4.78, 5) is 10.2. The zero-order chi connectivity index (χ0) is 8.41. The van der Waals surface area contributed by atoms with Crippen molar-refractivity contribution in [2.45, 2.75) is 52.7 Å². The average Bonchev–Trinajstić information content (AvgIpc) is 1.57. The van der Waals surface area contributed by atoms with Gasteiger partial charge < -0.3 is 0 Å². The first kappa shape index (κ1) is 14.4. The summed E-state index contributed by atoms with van der Waals surface area (Å²) in [6.07, 6.45) is 0. The van der Waals surface area contributed by atoms with Crippen LogP contribution in [0.5, 0.6) is 0 Å². The van der Waals surface area contributed by atoms with E-state index >= 15 is 0 Å². The zero-order valence-electron chi connectivity index (χ0n) is 7.82. The van der Waals surface area contributed by atoms with Gasteiger partial charge in [-0.1, -0.05) is 0 Å². The van der Waals surface area contributed by atoms with Gasteiger partial charge in [-0.05, 0) is 41.5 Å². The molecule has 0 aromatic carbocycles.